The van der Waals surface area contributed by atoms with Gasteiger partial charge in [-0.3, -0.25) is 14.4 Å². The van der Waals surface area contributed by atoms with Crippen molar-refractivity contribution < 1.29 is 104 Å². The van der Waals surface area contributed by atoms with E-state index in [4.69, 9.17) is 55.6 Å². The summed E-state index contributed by atoms with van der Waals surface area (Å²) in [4.78, 5) is 124. The first-order chi connectivity index (χ1) is 38.5. The average molecular weight is 1210 g/mol. The Bertz CT molecular complexity index is 2090. The van der Waals surface area contributed by atoms with Gasteiger partial charge in [0.15, 0.2) is 22.4 Å². The minimum absolute atomic E-state index is 0.00267. The number of rotatable bonds is 46. The molecule has 25 heteroatoms. The highest BCUT2D eigenvalue weighted by atomic mass is 28.5. The molecule has 0 bridgehead atoms. The van der Waals surface area contributed by atoms with Crippen LogP contribution >= 0.6 is 0 Å². The summed E-state index contributed by atoms with van der Waals surface area (Å²) in [5.74, 6) is -7.22. The molecule has 0 aliphatic rings. The monoisotopic (exact) mass is 1210 g/mol. The van der Waals surface area contributed by atoms with Gasteiger partial charge in [-0.1, -0.05) is 59.1 Å². The number of unbranched alkanes of at least 4 members (excludes halogenated alkanes) is 1. The highest BCUT2D eigenvalue weighted by Gasteiger charge is 2.42. The second-order valence-corrected chi connectivity index (χ2v) is 32.8. The van der Waals surface area contributed by atoms with E-state index in [1.54, 1.807) is 0 Å². The largest absolute Gasteiger partial charge is 0.465 e. The van der Waals surface area contributed by atoms with Crippen LogP contribution in [0, 0.1) is 16.2 Å². The predicted octanol–water partition coefficient (Wildman–Crippen LogP) is 7.59. The Morgan fingerprint density at radius 1 is 0.354 bits per heavy atom. The molecule has 0 saturated heterocycles. The van der Waals surface area contributed by atoms with E-state index in [0.29, 0.717) is 24.9 Å². The van der Waals surface area contributed by atoms with E-state index in [2.05, 4.69) is 65.8 Å². The lowest BCUT2D eigenvalue weighted by atomic mass is 9.84. The van der Waals surface area contributed by atoms with Crippen LogP contribution in [0.4, 0.5) is 0 Å². The normalized spacial score (nSPS) is 11.4. The molecule has 0 aliphatic heterocycles. The van der Waals surface area contributed by atoms with Crippen molar-refractivity contribution in [1.82, 2.24) is 0 Å². The van der Waals surface area contributed by atoms with Crippen molar-refractivity contribution in [2.24, 2.45) is 16.2 Å². The second kappa shape index (κ2) is 40.3. The maximum Gasteiger partial charge on any atom is 0.330 e. The molecule has 82 heavy (non-hydrogen) atoms. The number of ketones is 1. The number of hydrogen-bond donors (Lipinski definition) is 0. The Morgan fingerprint density at radius 2 is 0.659 bits per heavy atom. The van der Waals surface area contributed by atoms with Crippen molar-refractivity contribution in [2.75, 3.05) is 72.7 Å². The molecule has 0 atom stereocenters. The van der Waals surface area contributed by atoms with Gasteiger partial charge in [-0.05, 0) is 76.7 Å². The predicted molar refractivity (Wildman–Crippen MR) is 311 cm³/mol. The molecule has 0 aromatic carbocycles. The number of carbonyl (C=O) groups is 10. The summed E-state index contributed by atoms with van der Waals surface area (Å²) in [6, 6.07) is 0.965. The number of carbonyl (C=O) groups excluding carboxylic acids is 10. The molecule has 0 heterocycles. The Morgan fingerprint density at radius 3 is 1.01 bits per heavy atom. The van der Waals surface area contributed by atoms with E-state index < -0.39 is 141 Å². The zero-order valence-corrected chi connectivity index (χ0v) is 51.8. The van der Waals surface area contributed by atoms with E-state index in [1.807, 2.05) is 39.3 Å². The molecule has 0 aromatic heterocycles. The maximum atomic E-state index is 13.5. The van der Waals surface area contributed by atoms with Gasteiger partial charge < -0.3 is 55.6 Å². The van der Waals surface area contributed by atoms with Gasteiger partial charge in [0.25, 0.3) is 0 Å². The number of ether oxygens (including phenoxy) is 10. The summed E-state index contributed by atoms with van der Waals surface area (Å²) in [7, 11) is -7.90. The van der Waals surface area contributed by atoms with Crippen LogP contribution < -0.4 is 0 Å². The van der Waals surface area contributed by atoms with Crippen LogP contribution in [0.1, 0.15) is 44.9 Å². The maximum absolute atomic E-state index is 13.5. The van der Waals surface area contributed by atoms with Crippen molar-refractivity contribution in [2.45, 2.75) is 96.3 Å². The zero-order valence-electron chi connectivity index (χ0n) is 48.8. The Hall–Kier alpha value is -6.91. The first-order valence-corrected chi connectivity index (χ1v) is 35.0. The summed E-state index contributed by atoms with van der Waals surface area (Å²) in [5, 5.41) is 0. The minimum Gasteiger partial charge on any atom is -0.465 e. The van der Waals surface area contributed by atoms with Gasteiger partial charge in [-0.15, -0.1) is 13.2 Å². The van der Waals surface area contributed by atoms with Crippen molar-refractivity contribution in [3.8, 4) is 0 Å². The van der Waals surface area contributed by atoms with E-state index in [1.165, 1.54) is 0 Å². The van der Waals surface area contributed by atoms with E-state index >= 15 is 0 Å². The van der Waals surface area contributed by atoms with E-state index in [0.717, 1.165) is 48.6 Å². The van der Waals surface area contributed by atoms with Crippen LogP contribution in [0.2, 0.25) is 51.4 Å². The molecular weight excluding hydrogens is 1120 g/mol. The number of hydrogen-bond acceptors (Lipinski definition) is 22. The number of allylic oxidation sites excluding steroid dienone is 1. The van der Waals surface area contributed by atoms with Gasteiger partial charge in [0, 0.05) is 68.4 Å². The lowest BCUT2D eigenvalue weighted by Crippen LogP contribution is -2.52. The van der Waals surface area contributed by atoms with Gasteiger partial charge >= 0.3 is 62.3 Å². The third-order valence-corrected chi connectivity index (χ3v) is 23.0. The molecule has 0 unspecified atom stereocenters. The second-order valence-electron chi connectivity index (χ2n) is 20.3. The van der Waals surface area contributed by atoms with Crippen molar-refractivity contribution in [3.63, 3.8) is 0 Å². The van der Waals surface area contributed by atoms with Gasteiger partial charge in [0.1, 0.15) is 64.9 Å². The Labute approximate surface area is 486 Å². The summed E-state index contributed by atoms with van der Waals surface area (Å²) in [6.45, 7) is 40.8. The quantitative estimate of drug-likeness (QED) is 0.0142. The molecule has 0 aliphatic carbocycles. The first kappa shape index (κ1) is 77.2. The van der Waals surface area contributed by atoms with Gasteiger partial charge in [-0.2, -0.15) is 0 Å². The fraction of sp³-hybridized carbons (Fsp3) is 0.509. The van der Waals surface area contributed by atoms with Crippen molar-refractivity contribution in [3.05, 3.63) is 114 Å². The third kappa shape index (κ3) is 35.1. The number of esters is 9. The molecule has 0 N–H and O–H groups in total. The Balaban J connectivity index is 0. The standard InChI is InChI=1S/C55H82O22Si3.C2H4/c1-15-43(56)26-28-53(34-67-44(57)16-2,35-68-45(58)17-3)33-66-30-29-54(36-69-46(59)18-4,37-70-47(60)19-5)38-74-52(65)27-32-79(11,12)77-80(13,14)76-78(9,10)31-24-23-25-51(64)75-42-55(39-71-48(61)20-6,40-72-49(62)21-7)41-73-50(63)22-8;1-2/h15-22H,1-8,23-42H2,9-14H3;1-2H2. The van der Waals surface area contributed by atoms with Crippen LogP contribution in [0.15, 0.2) is 114 Å². The molecule has 0 spiro atoms. The topological polar surface area (TPSA) is 281 Å². The van der Waals surface area contributed by atoms with Gasteiger partial charge in [-0.25, -0.2) is 33.6 Å². The van der Waals surface area contributed by atoms with Crippen LogP contribution in [-0.2, 0) is 104 Å². The van der Waals surface area contributed by atoms with Crippen LogP contribution in [0.25, 0.3) is 0 Å². The SMILES string of the molecule is C=C.C=CC(=O)CCC(COCCC(COC(=O)C=C)(COC(=O)C=C)COC(=O)CC[Si](C)(C)O[Si](C)(C)O[Si](C)(C)CCCCC(=O)OCC(COC(=O)C=C)(COC(=O)C=C)COC(=O)C=C)(COC(=O)C=C)COC(=O)C=C. The van der Waals surface area contributed by atoms with Crippen LogP contribution in [0.3, 0.4) is 0 Å². The zero-order chi connectivity index (χ0) is 63.1. The summed E-state index contributed by atoms with van der Waals surface area (Å²) in [6.07, 6.45) is 8.40. The highest BCUT2D eigenvalue weighted by Crippen LogP contribution is 2.31. The molecule has 0 rings (SSSR count). The summed E-state index contributed by atoms with van der Waals surface area (Å²) < 4.78 is 67.9. The summed E-state index contributed by atoms with van der Waals surface area (Å²) >= 11 is 0. The average Bonchev–Trinajstić information content (AvgIpc) is 3.57. The molecule has 22 nitrogen and oxygen atoms in total. The molecule has 458 valence electrons. The van der Waals surface area contributed by atoms with Gasteiger partial charge in [0.05, 0.1) is 17.4 Å². The lowest BCUT2D eigenvalue weighted by Gasteiger charge is -2.38. The fourth-order valence-electron chi connectivity index (χ4n) is 7.27. The molecule has 0 radical (unpaired) electrons. The van der Waals surface area contributed by atoms with Crippen LogP contribution in [-0.4, -0.2) is 157 Å². The lowest BCUT2D eigenvalue weighted by molar-refractivity contribution is -0.167. The van der Waals surface area contributed by atoms with Gasteiger partial charge in [0.2, 0.25) is 0 Å². The fourth-order valence-corrected chi connectivity index (χ4v) is 21.2. The minimum atomic E-state index is -2.84. The van der Waals surface area contributed by atoms with E-state index in [9.17, 15) is 47.9 Å². The van der Waals surface area contributed by atoms with Crippen molar-refractivity contribution in [1.29, 1.82) is 0 Å². The van der Waals surface area contributed by atoms with E-state index in [-0.39, 0.29) is 64.3 Å². The highest BCUT2D eigenvalue weighted by molar-refractivity contribution is 6.87. The molecule has 0 aromatic rings. The molecule has 0 saturated carbocycles. The first-order valence-electron chi connectivity index (χ1n) is 26.0. The van der Waals surface area contributed by atoms with Crippen molar-refractivity contribution >= 4 is 84.7 Å². The molecule has 0 amide bonds. The van der Waals surface area contributed by atoms with Crippen LogP contribution in [0.5, 0.6) is 0 Å². The molecule has 0 fully saturated rings. The smallest absolute Gasteiger partial charge is 0.330 e. The third-order valence-electron chi connectivity index (χ3n) is 11.6. The Kier molecular flexibility index (Phi) is 37.9. The molecular formula is C57H86O22Si3. The summed E-state index contributed by atoms with van der Waals surface area (Å²) in [5.41, 5.74) is -4.13.